The molecule has 2 aromatic rings. The number of aromatic nitrogens is 2. The van der Waals surface area contributed by atoms with Crippen LogP contribution in [0, 0.1) is 20.8 Å². The lowest BCUT2D eigenvalue weighted by molar-refractivity contribution is 0.0313. The molecule has 0 radical (unpaired) electrons. The van der Waals surface area contributed by atoms with Crippen LogP contribution in [0.3, 0.4) is 0 Å². The van der Waals surface area contributed by atoms with Crippen LogP contribution in [0.25, 0.3) is 0 Å². The number of nitrogens with zero attached hydrogens (tertiary/aromatic N) is 3. The Hall–Kier alpha value is -2.25. The molecule has 0 aliphatic carbocycles. The number of ether oxygens (including phenoxy) is 1. The van der Waals surface area contributed by atoms with Crippen molar-refractivity contribution in [3.63, 3.8) is 0 Å². The highest BCUT2D eigenvalue weighted by Crippen LogP contribution is 2.15. The third-order valence-corrected chi connectivity index (χ3v) is 4.26. The first kappa shape index (κ1) is 16.6. The number of carbonyl (C=O) groups is 1. The lowest BCUT2D eigenvalue weighted by atomic mass is 10.2. The van der Waals surface area contributed by atoms with Crippen molar-refractivity contribution < 1.29 is 13.9 Å². The molecule has 0 unspecified atom stereocenters. The molecular formula is C17H22N4O3. The smallest absolute Gasteiger partial charge is 0.261 e. The summed E-state index contributed by atoms with van der Waals surface area (Å²) in [5.74, 6) is 0.811. The summed E-state index contributed by atoms with van der Waals surface area (Å²) in [6, 6.07) is 1.76. The van der Waals surface area contributed by atoms with Crippen molar-refractivity contribution in [2.24, 2.45) is 0 Å². The first-order chi connectivity index (χ1) is 11.5. The molecule has 1 aliphatic heterocycles. The Balaban J connectivity index is 1.65. The van der Waals surface area contributed by atoms with E-state index in [4.69, 9.17) is 9.15 Å². The number of rotatable bonds is 4. The highest BCUT2D eigenvalue weighted by atomic mass is 16.5. The van der Waals surface area contributed by atoms with Crippen LogP contribution in [0.15, 0.2) is 16.7 Å². The number of carbonyl (C=O) groups excluding carboxylic acids is 1. The quantitative estimate of drug-likeness (QED) is 0.924. The van der Waals surface area contributed by atoms with Crippen molar-refractivity contribution in [2.75, 3.05) is 31.6 Å². The number of aryl methyl sites for hydroxylation is 2. The van der Waals surface area contributed by atoms with E-state index >= 15 is 0 Å². The Morgan fingerprint density at radius 2 is 1.88 bits per heavy atom. The highest BCUT2D eigenvalue weighted by molar-refractivity contribution is 6.03. The number of furan rings is 1. The Morgan fingerprint density at radius 3 is 2.54 bits per heavy atom. The molecular weight excluding hydrogens is 308 g/mol. The monoisotopic (exact) mass is 330 g/mol. The molecule has 1 N–H and O–H groups in total. The van der Waals surface area contributed by atoms with E-state index < -0.39 is 0 Å². The minimum absolute atomic E-state index is 0.269. The van der Waals surface area contributed by atoms with E-state index in [2.05, 4.69) is 20.2 Å². The fraction of sp³-hybridized carbons (Fsp3) is 0.471. The third kappa shape index (κ3) is 3.80. The molecule has 2 aromatic heterocycles. The van der Waals surface area contributed by atoms with Crippen molar-refractivity contribution >= 4 is 11.9 Å². The van der Waals surface area contributed by atoms with Gasteiger partial charge in [0.25, 0.3) is 5.91 Å². The fourth-order valence-corrected chi connectivity index (χ4v) is 2.56. The van der Waals surface area contributed by atoms with Gasteiger partial charge in [-0.3, -0.25) is 15.0 Å². The lowest BCUT2D eigenvalue weighted by Gasteiger charge is -2.25. The second-order valence-corrected chi connectivity index (χ2v) is 5.99. The number of hydrogen-bond acceptors (Lipinski definition) is 6. The van der Waals surface area contributed by atoms with Gasteiger partial charge >= 0.3 is 0 Å². The van der Waals surface area contributed by atoms with Gasteiger partial charge in [0.1, 0.15) is 12.0 Å². The maximum atomic E-state index is 12.3. The summed E-state index contributed by atoms with van der Waals surface area (Å²) < 4.78 is 10.8. The number of nitrogens with one attached hydrogen (secondary N) is 1. The van der Waals surface area contributed by atoms with E-state index in [1.54, 1.807) is 6.07 Å². The van der Waals surface area contributed by atoms with Crippen molar-refractivity contribution in [3.8, 4) is 0 Å². The molecule has 7 nitrogen and oxygen atoms in total. The summed E-state index contributed by atoms with van der Waals surface area (Å²) >= 11 is 0. The van der Waals surface area contributed by atoms with Crippen LogP contribution in [0.2, 0.25) is 0 Å². The number of amides is 1. The van der Waals surface area contributed by atoms with Gasteiger partial charge in [-0.25, -0.2) is 9.97 Å². The number of anilines is 1. The Kier molecular flexibility index (Phi) is 4.92. The third-order valence-electron chi connectivity index (χ3n) is 4.26. The van der Waals surface area contributed by atoms with Gasteiger partial charge < -0.3 is 9.15 Å². The van der Waals surface area contributed by atoms with Gasteiger partial charge in [0.15, 0.2) is 0 Å². The van der Waals surface area contributed by atoms with Gasteiger partial charge in [-0.05, 0) is 32.4 Å². The Labute approximate surface area is 141 Å². The summed E-state index contributed by atoms with van der Waals surface area (Å²) in [7, 11) is 0. The molecule has 0 saturated carbocycles. The van der Waals surface area contributed by atoms with E-state index in [9.17, 15) is 4.79 Å². The van der Waals surface area contributed by atoms with E-state index in [-0.39, 0.29) is 5.91 Å². The highest BCUT2D eigenvalue weighted by Gasteiger charge is 2.16. The molecule has 0 spiro atoms. The van der Waals surface area contributed by atoms with E-state index in [0.29, 0.717) is 18.1 Å². The summed E-state index contributed by atoms with van der Waals surface area (Å²) in [5.41, 5.74) is 3.22. The van der Waals surface area contributed by atoms with Gasteiger partial charge in [0.2, 0.25) is 5.95 Å². The van der Waals surface area contributed by atoms with Crippen LogP contribution in [0.4, 0.5) is 5.95 Å². The Bertz CT molecular complexity index is 712. The summed E-state index contributed by atoms with van der Waals surface area (Å²) in [5, 5.41) is 2.73. The average molecular weight is 330 g/mol. The molecule has 0 aromatic carbocycles. The van der Waals surface area contributed by atoms with Crippen LogP contribution in [0.5, 0.6) is 0 Å². The minimum atomic E-state index is -0.269. The second-order valence-electron chi connectivity index (χ2n) is 5.99. The van der Waals surface area contributed by atoms with Gasteiger partial charge in [0, 0.05) is 24.5 Å². The van der Waals surface area contributed by atoms with Crippen molar-refractivity contribution in [2.45, 2.75) is 27.3 Å². The van der Waals surface area contributed by atoms with E-state index in [1.165, 1.54) is 6.26 Å². The number of morpholine rings is 1. The topological polar surface area (TPSA) is 80.5 Å². The molecule has 24 heavy (non-hydrogen) atoms. The fourth-order valence-electron chi connectivity index (χ4n) is 2.56. The first-order valence-electron chi connectivity index (χ1n) is 8.03. The molecule has 3 rings (SSSR count). The van der Waals surface area contributed by atoms with Gasteiger partial charge in [-0.1, -0.05) is 0 Å². The minimum Gasteiger partial charge on any atom is -0.467 e. The maximum absolute atomic E-state index is 12.3. The normalized spacial score (nSPS) is 15.5. The largest absolute Gasteiger partial charge is 0.467 e. The van der Waals surface area contributed by atoms with Crippen LogP contribution in [0.1, 0.15) is 33.1 Å². The van der Waals surface area contributed by atoms with Crippen molar-refractivity contribution in [1.29, 1.82) is 0 Å². The number of hydrogen-bond donors (Lipinski definition) is 1. The molecule has 1 saturated heterocycles. The van der Waals surface area contributed by atoms with Crippen LogP contribution in [-0.2, 0) is 11.3 Å². The van der Waals surface area contributed by atoms with Gasteiger partial charge in [-0.2, -0.15) is 0 Å². The molecule has 1 aliphatic rings. The lowest BCUT2D eigenvalue weighted by Crippen LogP contribution is -2.35. The summed E-state index contributed by atoms with van der Waals surface area (Å²) in [6.45, 7) is 9.65. The Morgan fingerprint density at radius 1 is 1.21 bits per heavy atom. The molecule has 1 amide bonds. The molecule has 3 heterocycles. The first-order valence-corrected chi connectivity index (χ1v) is 8.03. The predicted octanol–water partition coefficient (Wildman–Crippen LogP) is 2.08. The molecule has 0 bridgehead atoms. The zero-order valence-corrected chi connectivity index (χ0v) is 14.3. The van der Waals surface area contributed by atoms with Crippen molar-refractivity contribution in [3.05, 3.63) is 40.6 Å². The summed E-state index contributed by atoms with van der Waals surface area (Å²) in [6.07, 6.45) is 1.47. The van der Waals surface area contributed by atoms with Crippen LogP contribution >= 0.6 is 0 Å². The SMILES string of the molecule is Cc1nc(NC(=O)c2coc(CN3CCOCC3)c2)nc(C)c1C. The average Bonchev–Trinajstić information content (AvgIpc) is 3.02. The van der Waals surface area contributed by atoms with Gasteiger partial charge in [-0.15, -0.1) is 0 Å². The molecule has 7 heteroatoms. The standard InChI is InChI=1S/C17H22N4O3/c1-11-12(2)18-17(19-13(11)3)20-16(22)14-8-15(24-10-14)9-21-4-6-23-7-5-21/h8,10H,4-7,9H2,1-3H3,(H,18,19,20,22). The van der Waals surface area contributed by atoms with Crippen LogP contribution < -0.4 is 5.32 Å². The summed E-state index contributed by atoms with van der Waals surface area (Å²) in [4.78, 5) is 23.2. The zero-order chi connectivity index (χ0) is 17.1. The second kappa shape index (κ2) is 7.11. The van der Waals surface area contributed by atoms with E-state index in [1.807, 2.05) is 20.8 Å². The predicted molar refractivity (Wildman–Crippen MR) is 89.0 cm³/mol. The van der Waals surface area contributed by atoms with E-state index in [0.717, 1.165) is 49.0 Å². The molecule has 128 valence electrons. The van der Waals surface area contributed by atoms with Gasteiger partial charge in [0.05, 0.1) is 25.3 Å². The van der Waals surface area contributed by atoms with Crippen LogP contribution in [-0.4, -0.2) is 47.1 Å². The zero-order valence-electron chi connectivity index (χ0n) is 14.3. The molecule has 1 fully saturated rings. The molecule has 0 atom stereocenters. The van der Waals surface area contributed by atoms with Crippen molar-refractivity contribution in [1.82, 2.24) is 14.9 Å². The maximum Gasteiger partial charge on any atom is 0.261 e.